The van der Waals surface area contributed by atoms with Gasteiger partial charge in [-0.3, -0.25) is 9.59 Å². The third kappa shape index (κ3) is 2.23. The molecule has 1 aliphatic heterocycles. The minimum Gasteiger partial charge on any atom is -0.481 e. The molecule has 5 heteroatoms. The number of carbonyl (C=O) groups is 2. The molecule has 2 fully saturated rings. The van der Waals surface area contributed by atoms with Gasteiger partial charge >= 0.3 is 0 Å². The van der Waals surface area contributed by atoms with E-state index < -0.39 is 0 Å². The molecule has 1 aromatic rings. The number of terminal acetylenes is 1. The summed E-state index contributed by atoms with van der Waals surface area (Å²) < 4.78 is 5.35. The quantitative estimate of drug-likeness (QED) is 0.368. The smallest absolute Gasteiger partial charge is 0.254 e. The molecule has 2 aliphatic carbocycles. The lowest BCUT2D eigenvalue weighted by Crippen LogP contribution is -2.28. The number of benzene rings is 1. The molecule has 120 valence electrons. The molecule has 1 aromatic carbocycles. The number of imide groups is 1. The van der Waals surface area contributed by atoms with Gasteiger partial charge in [0, 0.05) is 0 Å². The summed E-state index contributed by atoms with van der Waals surface area (Å²) in [7, 11) is 0. The van der Waals surface area contributed by atoms with Gasteiger partial charge in [-0.25, -0.2) is 0 Å². The Kier molecular flexibility index (Phi) is 3.46. The van der Waals surface area contributed by atoms with Crippen LogP contribution >= 0.6 is 0 Å². The van der Waals surface area contributed by atoms with E-state index in [4.69, 9.17) is 11.2 Å². The van der Waals surface area contributed by atoms with Crippen molar-refractivity contribution in [2.75, 3.05) is 6.61 Å². The molecule has 4 atom stereocenters. The number of nitrogens with zero attached hydrogens (tertiary/aromatic N) is 2. The number of hydrazone groups is 1. The van der Waals surface area contributed by atoms with Crippen LogP contribution < -0.4 is 4.74 Å². The summed E-state index contributed by atoms with van der Waals surface area (Å²) in [5.74, 6) is 2.59. The van der Waals surface area contributed by atoms with Gasteiger partial charge in [-0.05, 0) is 36.0 Å². The SMILES string of the molecule is C#CCOc1cccc(/C=N/N2C(=O)C3C4C=CC(C4)C3C2=O)c1. The Morgan fingerprint density at radius 2 is 1.96 bits per heavy atom. The van der Waals surface area contributed by atoms with Gasteiger partial charge in [-0.1, -0.05) is 30.2 Å². The number of rotatable bonds is 4. The molecule has 5 nitrogen and oxygen atoms in total. The summed E-state index contributed by atoms with van der Waals surface area (Å²) in [6, 6.07) is 7.18. The van der Waals surface area contributed by atoms with E-state index in [0.717, 1.165) is 17.0 Å². The van der Waals surface area contributed by atoms with Crippen LogP contribution in [0.3, 0.4) is 0 Å². The van der Waals surface area contributed by atoms with Crippen molar-refractivity contribution in [1.29, 1.82) is 0 Å². The number of fused-ring (bicyclic) bond motifs is 5. The van der Waals surface area contributed by atoms with Gasteiger partial charge < -0.3 is 4.74 Å². The van der Waals surface area contributed by atoms with Crippen LogP contribution in [0.2, 0.25) is 0 Å². The van der Waals surface area contributed by atoms with Crippen molar-refractivity contribution in [1.82, 2.24) is 5.01 Å². The van der Waals surface area contributed by atoms with Gasteiger partial charge in [-0.15, -0.1) is 6.42 Å². The van der Waals surface area contributed by atoms with E-state index in [9.17, 15) is 9.59 Å². The zero-order valence-corrected chi connectivity index (χ0v) is 13.0. The largest absolute Gasteiger partial charge is 0.481 e. The fraction of sp³-hybridized carbons (Fsp3) is 0.316. The number of amides is 2. The zero-order valence-electron chi connectivity index (χ0n) is 13.0. The highest BCUT2D eigenvalue weighted by Gasteiger charge is 2.59. The number of carbonyl (C=O) groups excluding carboxylic acids is 2. The van der Waals surface area contributed by atoms with Crippen molar-refractivity contribution in [3.8, 4) is 18.1 Å². The van der Waals surface area contributed by atoms with Crippen LogP contribution in [0.15, 0.2) is 41.5 Å². The molecule has 0 N–H and O–H groups in total. The third-order valence-electron chi connectivity index (χ3n) is 4.95. The first kappa shape index (κ1) is 14.7. The van der Waals surface area contributed by atoms with Crippen molar-refractivity contribution in [3.05, 3.63) is 42.0 Å². The molecule has 4 rings (SSSR count). The Morgan fingerprint density at radius 1 is 1.25 bits per heavy atom. The molecule has 0 radical (unpaired) electrons. The van der Waals surface area contributed by atoms with Gasteiger partial charge in [0.15, 0.2) is 0 Å². The van der Waals surface area contributed by atoms with Gasteiger partial charge in [0.25, 0.3) is 11.8 Å². The third-order valence-corrected chi connectivity index (χ3v) is 4.95. The number of hydrogen-bond acceptors (Lipinski definition) is 4. The van der Waals surface area contributed by atoms with Crippen molar-refractivity contribution in [3.63, 3.8) is 0 Å². The Labute approximate surface area is 140 Å². The normalized spacial score (nSPS) is 30.2. The van der Waals surface area contributed by atoms with Crippen LogP contribution in [0.25, 0.3) is 0 Å². The molecule has 24 heavy (non-hydrogen) atoms. The van der Waals surface area contributed by atoms with E-state index in [1.54, 1.807) is 18.2 Å². The monoisotopic (exact) mass is 320 g/mol. The average Bonchev–Trinajstić information content (AvgIpc) is 3.26. The molecular weight excluding hydrogens is 304 g/mol. The van der Waals surface area contributed by atoms with Crippen LogP contribution in [0.5, 0.6) is 5.75 Å². The minimum absolute atomic E-state index is 0.183. The molecule has 1 saturated carbocycles. The fourth-order valence-corrected chi connectivity index (χ4v) is 3.93. The zero-order chi connectivity index (χ0) is 16.7. The highest BCUT2D eigenvalue weighted by molar-refractivity contribution is 6.06. The van der Waals surface area contributed by atoms with Crippen LogP contribution in [0.1, 0.15) is 12.0 Å². The molecule has 1 saturated heterocycles. The first-order chi connectivity index (χ1) is 11.7. The Balaban J connectivity index is 1.52. The van der Waals surface area contributed by atoms with Crippen LogP contribution in [0, 0.1) is 36.0 Å². The predicted octanol–water partition coefficient (Wildman–Crippen LogP) is 1.84. The molecule has 0 spiro atoms. The maximum atomic E-state index is 12.5. The highest BCUT2D eigenvalue weighted by Crippen LogP contribution is 2.52. The van der Waals surface area contributed by atoms with Crippen LogP contribution in [0.4, 0.5) is 0 Å². The van der Waals surface area contributed by atoms with E-state index >= 15 is 0 Å². The summed E-state index contributed by atoms with van der Waals surface area (Å²) >= 11 is 0. The summed E-state index contributed by atoms with van der Waals surface area (Å²) in [6.07, 6.45) is 11.7. The number of ether oxygens (including phenoxy) is 1. The topological polar surface area (TPSA) is 59.0 Å². The van der Waals surface area contributed by atoms with E-state index in [1.165, 1.54) is 6.21 Å². The lowest BCUT2D eigenvalue weighted by Gasteiger charge is -2.13. The second-order valence-corrected chi connectivity index (χ2v) is 6.30. The minimum atomic E-state index is -0.227. The summed E-state index contributed by atoms with van der Waals surface area (Å²) in [5, 5.41) is 5.18. The van der Waals surface area contributed by atoms with Crippen LogP contribution in [-0.4, -0.2) is 29.6 Å². The Hall–Kier alpha value is -2.87. The summed E-state index contributed by atoms with van der Waals surface area (Å²) in [5.41, 5.74) is 0.739. The summed E-state index contributed by atoms with van der Waals surface area (Å²) in [4.78, 5) is 25.1. The molecule has 1 heterocycles. The van der Waals surface area contributed by atoms with Gasteiger partial charge in [-0.2, -0.15) is 10.1 Å². The molecule has 3 aliphatic rings. The van der Waals surface area contributed by atoms with Crippen molar-refractivity contribution in [2.45, 2.75) is 6.42 Å². The molecule has 2 bridgehead atoms. The van der Waals surface area contributed by atoms with E-state index in [2.05, 4.69) is 23.2 Å². The molecule has 2 amide bonds. The Bertz CT molecular complexity index is 775. The number of hydrogen-bond donors (Lipinski definition) is 0. The predicted molar refractivity (Wildman–Crippen MR) is 87.9 cm³/mol. The average molecular weight is 320 g/mol. The second kappa shape index (κ2) is 5.64. The van der Waals surface area contributed by atoms with Crippen molar-refractivity contribution in [2.24, 2.45) is 28.8 Å². The number of allylic oxidation sites excluding steroid dienone is 2. The first-order valence-corrected chi connectivity index (χ1v) is 7.95. The highest BCUT2D eigenvalue weighted by atomic mass is 16.5. The van der Waals surface area contributed by atoms with Gasteiger partial charge in [0.2, 0.25) is 0 Å². The Morgan fingerprint density at radius 3 is 2.62 bits per heavy atom. The molecule has 4 unspecified atom stereocenters. The maximum Gasteiger partial charge on any atom is 0.254 e. The van der Waals surface area contributed by atoms with E-state index in [0.29, 0.717) is 5.75 Å². The summed E-state index contributed by atoms with van der Waals surface area (Å²) in [6.45, 7) is 0.183. The lowest BCUT2D eigenvalue weighted by molar-refractivity contribution is -0.140. The van der Waals surface area contributed by atoms with Crippen LogP contribution in [-0.2, 0) is 9.59 Å². The van der Waals surface area contributed by atoms with Gasteiger partial charge in [0.1, 0.15) is 12.4 Å². The van der Waals surface area contributed by atoms with E-state index in [-0.39, 0.29) is 42.1 Å². The fourth-order valence-electron chi connectivity index (χ4n) is 3.93. The standard InChI is InChI=1S/C19H16N2O3/c1-2-8-24-15-5-3-4-12(9-15)11-20-21-18(22)16-13-6-7-14(10-13)17(16)19(21)23/h1,3-7,9,11,13-14,16-17H,8,10H2/b20-11+. The van der Waals surface area contributed by atoms with Crippen molar-refractivity contribution < 1.29 is 14.3 Å². The van der Waals surface area contributed by atoms with E-state index in [1.807, 2.05) is 6.07 Å². The van der Waals surface area contributed by atoms with Gasteiger partial charge in [0.05, 0.1) is 18.1 Å². The second-order valence-electron chi connectivity index (χ2n) is 6.30. The molecular formula is C19H16N2O3. The first-order valence-electron chi connectivity index (χ1n) is 7.95. The van der Waals surface area contributed by atoms with Crippen molar-refractivity contribution >= 4 is 18.0 Å². The molecule has 0 aromatic heterocycles. The lowest BCUT2D eigenvalue weighted by atomic mass is 9.85. The maximum absolute atomic E-state index is 12.5.